The maximum atomic E-state index is 5.46. The van der Waals surface area contributed by atoms with Gasteiger partial charge in [0.25, 0.3) is 0 Å². The van der Waals surface area contributed by atoms with Gasteiger partial charge >= 0.3 is 0 Å². The van der Waals surface area contributed by atoms with E-state index in [4.69, 9.17) is 5.84 Å². The summed E-state index contributed by atoms with van der Waals surface area (Å²) in [4.78, 5) is 0. The van der Waals surface area contributed by atoms with Gasteiger partial charge in [0.05, 0.1) is 5.71 Å². The summed E-state index contributed by atoms with van der Waals surface area (Å²) in [6.45, 7) is 2.06. The highest BCUT2D eigenvalue weighted by molar-refractivity contribution is 6.12. The van der Waals surface area contributed by atoms with Crippen molar-refractivity contribution in [3.8, 4) is 0 Å². The molecule has 2 heteroatoms. The number of rotatable bonds is 2. The largest absolute Gasteiger partial charge is 0.323 e. The van der Waals surface area contributed by atoms with Gasteiger partial charge in [-0.1, -0.05) is 60.2 Å². The molecule has 0 spiro atoms. The second-order valence-corrected chi connectivity index (χ2v) is 3.71. The minimum absolute atomic E-state index is 0.820. The van der Waals surface area contributed by atoms with Crippen molar-refractivity contribution in [3.63, 3.8) is 0 Å². The summed E-state index contributed by atoms with van der Waals surface area (Å²) in [5, 5.41) is 3.87. The molecule has 2 aromatic rings. The van der Waals surface area contributed by atoms with Crippen molar-refractivity contribution in [1.29, 1.82) is 0 Å². The van der Waals surface area contributed by atoms with E-state index >= 15 is 0 Å². The van der Waals surface area contributed by atoms with Crippen LogP contribution in [-0.2, 0) is 0 Å². The fourth-order valence-electron chi connectivity index (χ4n) is 1.62. The van der Waals surface area contributed by atoms with E-state index in [0.717, 1.165) is 16.8 Å². The van der Waals surface area contributed by atoms with Crippen molar-refractivity contribution in [3.05, 3.63) is 71.3 Å². The molecule has 0 aliphatic carbocycles. The Labute approximate surface area is 95.4 Å². The van der Waals surface area contributed by atoms with Crippen molar-refractivity contribution >= 4 is 5.71 Å². The molecule has 0 radical (unpaired) electrons. The van der Waals surface area contributed by atoms with E-state index in [1.165, 1.54) is 5.56 Å². The third kappa shape index (κ3) is 2.11. The quantitative estimate of drug-likeness (QED) is 0.462. The number of hydrogen-bond donors (Lipinski definition) is 1. The van der Waals surface area contributed by atoms with Gasteiger partial charge in [-0.3, -0.25) is 0 Å². The van der Waals surface area contributed by atoms with E-state index in [-0.39, 0.29) is 0 Å². The van der Waals surface area contributed by atoms with E-state index in [2.05, 4.69) is 24.2 Å². The van der Waals surface area contributed by atoms with E-state index in [1.807, 2.05) is 42.5 Å². The lowest BCUT2D eigenvalue weighted by molar-refractivity contribution is 1.24. The highest BCUT2D eigenvalue weighted by Crippen LogP contribution is 2.11. The Kier molecular flexibility index (Phi) is 3.01. The fraction of sp³-hybridized carbons (Fsp3) is 0.0714. The van der Waals surface area contributed by atoms with Crippen LogP contribution in [0, 0.1) is 6.92 Å². The number of nitrogens with two attached hydrogens (primary N) is 1. The molecule has 0 aromatic heterocycles. The Balaban J connectivity index is 2.42. The molecular weight excluding hydrogens is 196 g/mol. The van der Waals surface area contributed by atoms with Crippen LogP contribution in [0.15, 0.2) is 59.7 Å². The number of hydrogen-bond acceptors (Lipinski definition) is 2. The van der Waals surface area contributed by atoms with Gasteiger partial charge in [0.15, 0.2) is 0 Å². The lowest BCUT2D eigenvalue weighted by Gasteiger charge is -2.05. The molecule has 0 heterocycles. The zero-order valence-electron chi connectivity index (χ0n) is 9.22. The standard InChI is InChI=1S/C14H14N2/c1-11-7-9-13(10-8-11)14(16-15)12-5-3-2-4-6-12/h2-10H,15H2,1H3/b16-14+. The second kappa shape index (κ2) is 4.62. The predicted molar refractivity (Wildman–Crippen MR) is 67.4 cm³/mol. The minimum Gasteiger partial charge on any atom is -0.323 e. The van der Waals surface area contributed by atoms with E-state index in [1.54, 1.807) is 0 Å². The van der Waals surface area contributed by atoms with Crippen molar-refractivity contribution in [2.24, 2.45) is 10.9 Å². The SMILES string of the molecule is Cc1ccc(/C(=N/N)c2ccccc2)cc1. The third-order valence-corrected chi connectivity index (χ3v) is 2.50. The van der Waals surface area contributed by atoms with Crippen molar-refractivity contribution in [2.75, 3.05) is 0 Å². The molecule has 2 nitrogen and oxygen atoms in total. The highest BCUT2D eigenvalue weighted by atomic mass is 15.1. The first-order chi connectivity index (χ1) is 7.81. The van der Waals surface area contributed by atoms with Crippen LogP contribution < -0.4 is 5.84 Å². The van der Waals surface area contributed by atoms with Crippen LogP contribution in [0.1, 0.15) is 16.7 Å². The lowest BCUT2D eigenvalue weighted by Crippen LogP contribution is -2.06. The summed E-state index contributed by atoms with van der Waals surface area (Å²) >= 11 is 0. The first kappa shape index (κ1) is 10.4. The van der Waals surface area contributed by atoms with Gasteiger partial charge < -0.3 is 5.84 Å². The van der Waals surface area contributed by atoms with Gasteiger partial charge in [0.2, 0.25) is 0 Å². The zero-order chi connectivity index (χ0) is 11.4. The summed E-state index contributed by atoms with van der Waals surface area (Å²) < 4.78 is 0. The van der Waals surface area contributed by atoms with Crippen LogP contribution in [0.3, 0.4) is 0 Å². The number of benzene rings is 2. The topological polar surface area (TPSA) is 38.4 Å². The van der Waals surface area contributed by atoms with Crippen LogP contribution in [0.4, 0.5) is 0 Å². The van der Waals surface area contributed by atoms with Crippen LogP contribution in [0.25, 0.3) is 0 Å². The van der Waals surface area contributed by atoms with Crippen molar-refractivity contribution in [2.45, 2.75) is 6.92 Å². The summed E-state index contributed by atoms with van der Waals surface area (Å²) in [5.41, 5.74) is 4.13. The van der Waals surface area contributed by atoms with Gasteiger partial charge in [-0.2, -0.15) is 5.10 Å². The highest BCUT2D eigenvalue weighted by Gasteiger charge is 2.05. The predicted octanol–water partition coefficient (Wildman–Crippen LogP) is 2.71. The Bertz CT molecular complexity index is 484. The van der Waals surface area contributed by atoms with Gasteiger partial charge in [-0.05, 0) is 6.92 Å². The molecule has 16 heavy (non-hydrogen) atoms. The average molecular weight is 210 g/mol. The molecule has 0 atom stereocenters. The summed E-state index contributed by atoms with van der Waals surface area (Å²) in [6.07, 6.45) is 0. The normalized spacial score (nSPS) is 11.4. The first-order valence-electron chi connectivity index (χ1n) is 5.21. The van der Waals surface area contributed by atoms with Gasteiger partial charge in [0, 0.05) is 11.1 Å². The Morgan fingerprint density at radius 3 is 2.00 bits per heavy atom. The molecule has 0 aliphatic heterocycles. The number of hydrazone groups is 1. The van der Waals surface area contributed by atoms with Crippen LogP contribution >= 0.6 is 0 Å². The lowest BCUT2D eigenvalue weighted by atomic mass is 10.0. The zero-order valence-corrected chi connectivity index (χ0v) is 9.22. The van der Waals surface area contributed by atoms with Crippen LogP contribution in [0.2, 0.25) is 0 Å². The molecule has 80 valence electrons. The van der Waals surface area contributed by atoms with E-state index < -0.39 is 0 Å². The van der Waals surface area contributed by atoms with Gasteiger partial charge in [-0.25, -0.2) is 0 Å². The molecule has 0 bridgehead atoms. The smallest absolute Gasteiger partial charge is 0.0971 e. The molecular formula is C14H14N2. The second-order valence-electron chi connectivity index (χ2n) is 3.71. The molecule has 0 amide bonds. The monoisotopic (exact) mass is 210 g/mol. The summed E-state index contributed by atoms with van der Waals surface area (Å²) in [7, 11) is 0. The van der Waals surface area contributed by atoms with Crippen LogP contribution in [-0.4, -0.2) is 5.71 Å². The van der Waals surface area contributed by atoms with Crippen molar-refractivity contribution < 1.29 is 0 Å². The number of nitrogens with zero attached hydrogens (tertiary/aromatic N) is 1. The fourth-order valence-corrected chi connectivity index (χ4v) is 1.62. The molecule has 0 fully saturated rings. The third-order valence-electron chi connectivity index (χ3n) is 2.50. The van der Waals surface area contributed by atoms with Crippen LogP contribution in [0.5, 0.6) is 0 Å². The average Bonchev–Trinajstić information content (AvgIpc) is 2.34. The summed E-state index contributed by atoms with van der Waals surface area (Å²) in [5.74, 6) is 5.46. The summed E-state index contributed by atoms with van der Waals surface area (Å²) in [6, 6.07) is 18.1. The molecule has 2 rings (SSSR count). The molecule has 2 N–H and O–H groups in total. The maximum Gasteiger partial charge on any atom is 0.0971 e. The number of aryl methyl sites for hydroxylation is 1. The maximum absolute atomic E-state index is 5.46. The van der Waals surface area contributed by atoms with Crippen molar-refractivity contribution in [1.82, 2.24) is 0 Å². The van der Waals surface area contributed by atoms with Gasteiger partial charge in [-0.15, -0.1) is 0 Å². The van der Waals surface area contributed by atoms with E-state index in [9.17, 15) is 0 Å². The Morgan fingerprint density at radius 2 is 1.44 bits per heavy atom. The molecule has 2 aromatic carbocycles. The first-order valence-corrected chi connectivity index (χ1v) is 5.21. The minimum atomic E-state index is 0.820. The van der Waals surface area contributed by atoms with E-state index in [0.29, 0.717) is 0 Å². The molecule has 0 unspecified atom stereocenters. The molecule has 0 saturated heterocycles. The Morgan fingerprint density at radius 1 is 0.875 bits per heavy atom. The molecule has 0 saturated carbocycles. The molecule has 0 aliphatic rings. The Hall–Kier alpha value is -2.09. The van der Waals surface area contributed by atoms with Gasteiger partial charge in [0.1, 0.15) is 0 Å².